The Morgan fingerprint density at radius 3 is 2.79 bits per heavy atom. The van der Waals surface area contributed by atoms with E-state index >= 15 is 0 Å². The standard InChI is InChI=1S/C13H16BrN3OS/c1-4-10(15-2)13-17-16-12(19-13)8-5-6-11(18-3)9(14)7-8/h5-7,10,15H,4H2,1-3H3. The van der Waals surface area contributed by atoms with E-state index in [4.69, 9.17) is 4.74 Å². The Balaban J connectivity index is 2.30. The van der Waals surface area contributed by atoms with Gasteiger partial charge in [-0.25, -0.2) is 0 Å². The molecule has 102 valence electrons. The Kier molecular flexibility index (Phi) is 4.90. The fourth-order valence-corrected chi connectivity index (χ4v) is 3.37. The van der Waals surface area contributed by atoms with Crippen molar-refractivity contribution in [3.63, 3.8) is 0 Å². The SMILES string of the molecule is CCC(NC)c1nnc(-c2ccc(OC)c(Br)c2)s1. The van der Waals surface area contributed by atoms with Gasteiger partial charge in [-0.05, 0) is 47.6 Å². The maximum atomic E-state index is 5.22. The van der Waals surface area contributed by atoms with Crippen LogP contribution >= 0.6 is 27.3 Å². The summed E-state index contributed by atoms with van der Waals surface area (Å²) in [5, 5.41) is 13.7. The van der Waals surface area contributed by atoms with E-state index in [1.54, 1.807) is 18.4 Å². The summed E-state index contributed by atoms with van der Waals surface area (Å²) in [6.07, 6.45) is 0.997. The highest BCUT2D eigenvalue weighted by Crippen LogP contribution is 2.33. The maximum absolute atomic E-state index is 5.22. The van der Waals surface area contributed by atoms with Crippen molar-refractivity contribution >= 4 is 27.3 Å². The van der Waals surface area contributed by atoms with Gasteiger partial charge in [0.2, 0.25) is 0 Å². The van der Waals surface area contributed by atoms with E-state index in [1.165, 1.54) is 0 Å². The lowest BCUT2D eigenvalue weighted by molar-refractivity contribution is 0.412. The van der Waals surface area contributed by atoms with E-state index in [1.807, 2.05) is 25.2 Å². The van der Waals surface area contributed by atoms with Gasteiger partial charge in [-0.1, -0.05) is 18.3 Å². The average molecular weight is 342 g/mol. The molecule has 0 aliphatic rings. The molecule has 1 aromatic heterocycles. The molecule has 0 saturated carbocycles. The number of methoxy groups -OCH3 is 1. The van der Waals surface area contributed by atoms with Crippen LogP contribution in [0.3, 0.4) is 0 Å². The zero-order valence-electron chi connectivity index (χ0n) is 11.1. The van der Waals surface area contributed by atoms with Crippen molar-refractivity contribution in [2.45, 2.75) is 19.4 Å². The summed E-state index contributed by atoms with van der Waals surface area (Å²) < 4.78 is 6.15. The first-order valence-corrected chi connectivity index (χ1v) is 7.65. The third-order valence-electron chi connectivity index (χ3n) is 2.89. The number of nitrogens with zero attached hydrogens (tertiary/aromatic N) is 2. The molecule has 6 heteroatoms. The summed E-state index contributed by atoms with van der Waals surface area (Å²) in [4.78, 5) is 0. The molecule has 0 aliphatic heterocycles. The first-order chi connectivity index (χ1) is 9.19. The van der Waals surface area contributed by atoms with Crippen LogP contribution in [0.5, 0.6) is 5.75 Å². The monoisotopic (exact) mass is 341 g/mol. The third kappa shape index (κ3) is 3.13. The molecule has 2 rings (SSSR count). The lowest BCUT2D eigenvalue weighted by Crippen LogP contribution is -2.14. The lowest BCUT2D eigenvalue weighted by atomic mass is 10.2. The molecule has 1 aromatic carbocycles. The molecule has 0 amide bonds. The summed E-state index contributed by atoms with van der Waals surface area (Å²) in [7, 11) is 3.60. The normalized spacial score (nSPS) is 12.4. The van der Waals surface area contributed by atoms with E-state index < -0.39 is 0 Å². The van der Waals surface area contributed by atoms with Crippen LogP contribution in [0.1, 0.15) is 24.4 Å². The largest absolute Gasteiger partial charge is 0.496 e. The molecule has 0 saturated heterocycles. The predicted molar refractivity (Wildman–Crippen MR) is 81.7 cm³/mol. The molecule has 1 heterocycles. The Labute approximate surface area is 125 Å². The highest BCUT2D eigenvalue weighted by atomic mass is 79.9. The van der Waals surface area contributed by atoms with Gasteiger partial charge in [0.05, 0.1) is 17.6 Å². The van der Waals surface area contributed by atoms with Crippen LogP contribution in [-0.2, 0) is 0 Å². The van der Waals surface area contributed by atoms with Crippen molar-refractivity contribution in [2.75, 3.05) is 14.2 Å². The molecule has 0 bridgehead atoms. The van der Waals surface area contributed by atoms with Gasteiger partial charge in [-0.15, -0.1) is 10.2 Å². The zero-order chi connectivity index (χ0) is 13.8. The Bertz CT molecular complexity index is 555. The molecule has 1 unspecified atom stereocenters. The van der Waals surface area contributed by atoms with Crippen molar-refractivity contribution in [3.8, 4) is 16.3 Å². The predicted octanol–water partition coefficient (Wildman–Crippen LogP) is 3.65. The van der Waals surface area contributed by atoms with Crippen molar-refractivity contribution in [1.29, 1.82) is 0 Å². The van der Waals surface area contributed by atoms with Gasteiger partial charge in [0.1, 0.15) is 15.8 Å². The van der Waals surface area contributed by atoms with E-state index in [2.05, 4.69) is 38.4 Å². The molecular formula is C13H16BrN3OS. The first-order valence-electron chi connectivity index (χ1n) is 6.04. The van der Waals surface area contributed by atoms with Crippen molar-refractivity contribution in [2.24, 2.45) is 0 Å². The highest BCUT2D eigenvalue weighted by Gasteiger charge is 2.14. The number of hydrogen-bond acceptors (Lipinski definition) is 5. The molecule has 2 aromatic rings. The number of rotatable bonds is 5. The van der Waals surface area contributed by atoms with E-state index in [9.17, 15) is 0 Å². The minimum absolute atomic E-state index is 0.271. The molecular weight excluding hydrogens is 326 g/mol. The molecule has 0 fully saturated rings. The van der Waals surface area contributed by atoms with Crippen LogP contribution in [0.15, 0.2) is 22.7 Å². The van der Waals surface area contributed by atoms with Crippen LogP contribution in [0.2, 0.25) is 0 Å². The van der Waals surface area contributed by atoms with Crippen molar-refractivity contribution in [1.82, 2.24) is 15.5 Å². The van der Waals surface area contributed by atoms with Crippen LogP contribution in [0.25, 0.3) is 10.6 Å². The molecule has 0 radical (unpaired) electrons. The molecule has 0 aliphatic carbocycles. The van der Waals surface area contributed by atoms with Crippen molar-refractivity contribution < 1.29 is 4.74 Å². The molecule has 0 spiro atoms. The summed E-state index contributed by atoms with van der Waals surface area (Å²) in [5.41, 5.74) is 1.04. The fraction of sp³-hybridized carbons (Fsp3) is 0.385. The van der Waals surface area contributed by atoms with Gasteiger partial charge in [0.15, 0.2) is 0 Å². The van der Waals surface area contributed by atoms with Gasteiger partial charge < -0.3 is 10.1 Å². The number of aromatic nitrogens is 2. The average Bonchev–Trinajstić information content (AvgIpc) is 2.90. The molecule has 1 N–H and O–H groups in total. The first kappa shape index (κ1) is 14.4. The third-order valence-corrected chi connectivity index (χ3v) is 4.60. The van der Waals surface area contributed by atoms with Gasteiger partial charge in [0, 0.05) is 5.56 Å². The number of ether oxygens (including phenoxy) is 1. The second-order valence-electron chi connectivity index (χ2n) is 4.04. The number of hydrogen-bond donors (Lipinski definition) is 1. The highest BCUT2D eigenvalue weighted by molar-refractivity contribution is 9.10. The molecule has 19 heavy (non-hydrogen) atoms. The number of nitrogens with one attached hydrogen (secondary N) is 1. The number of halogens is 1. The summed E-state index contributed by atoms with van der Waals surface area (Å²) in [6.45, 7) is 2.13. The Hall–Kier alpha value is -0.980. The minimum Gasteiger partial charge on any atom is -0.496 e. The van der Waals surface area contributed by atoms with Crippen LogP contribution < -0.4 is 10.1 Å². The minimum atomic E-state index is 0.271. The van der Waals surface area contributed by atoms with Crippen LogP contribution in [-0.4, -0.2) is 24.4 Å². The fourth-order valence-electron chi connectivity index (χ4n) is 1.79. The molecule has 1 atom stereocenters. The van der Waals surface area contributed by atoms with Gasteiger partial charge >= 0.3 is 0 Å². The van der Waals surface area contributed by atoms with Gasteiger partial charge in [-0.2, -0.15) is 0 Å². The number of benzene rings is 1. The summed E-state index contributed by atoms with van der Waals surface area (Å²) >= 11 is 5.11. The Morgan fingerprint density at radius 2 is 2.21 bits per heavy atom. The van der Waals surface area contributed by atoms with E-state index in [0.717, 1.165) is 32.2 Å². The van der Waals surface area contributed by atoms with Crippen molar-refractivity contribution in [3.05, 3.63) is 27.7 Å². The zero-order valence-corrected chi connectivity index (χ0v) is 13.5. The van der Waals surface area contributed by atoms with E-state index in [0.29, 0.717) is 0 Å². The van der Waals surface area contributed by atoms with Crippen LogP contribution in [0, 0.1) is 0 Å². The van der Waals surface area contributed by atoms with Gasteiger partial charge in [0.25, 0.3) is 0 Å². The van der Waals surface area contributed by atoms with Gasteiger partial charge in [-0.3, -0.25) is 0 Å². The smallest absolute Gasteiger partial charge is 0.147 e. The topological polar surface area (TPSA) is 47.0 Å². The quantitative estimate of drug-likeness (QED) is 0.901. The van der Waals surface area contributed by atoms with E-state index in [-0.39, 0.29) is 6.04 Å². The second-order valence-corrected chi connectivity index (χ2v) is 5.91. The van der Waals surface area contributed by atoms with Crippen LogP contribution in [0.4, 0.5) is 0 Å². The summed E-state index contributed by atoms with van der Waals surface area (Å²) in [6, 6.07) is 6.20. The Morgan fingerprint density at radius 1 is 1.42 bits per heavy atom. The molecule has 4 nitrogen and oxygen atoms in total. The maximum Gasteiger partial charge on any atom is 0.147 e. The lowest BCUT2D eigenvalue weighted by Gasteiger charge is -2.08. The second kappa shape index (κ2) is 6.45. The summed E-state index contributed by atoms with van der Waals surface area (Å²) in [5.74, 6) is 0.815.